The molecular formula is C35H44O2. The van der Waals surface area contributed by atoms with E-state index in [1.807, 2.05) is 119 Å². The summed E-state index contributed by atoms with van der Waals surface area (Å²) in [5.74, 6) is 0.291. The lowest BCUT2D eigenvalue weighted by molar-refractivity contribution is 0.101. The molecule has 0 heterocycles. The third kappa shape index (κ3) is 8.99. The Bertz CT molecular complexity index is 1190. The zero-order chi connectivity index (χ0) is 29.6. The SMILES string of the molecule is CC.CC.CC(=O)c1ccccc1Cc1ccccc1.O=C1c2ccccc2Cc2ccccc21.[2H]C.[2H]C. The molecule has 5 rings (SSSR count). The summed E-state index contributed by atoms with van der Waals surface area (Å²) in [5.41, 5.74) is 7.15. The van der Waals surface area contributed by atoms with E-state index in [2.05, 4.69) is 12.1 Å². The summed E-state index contributed by atoms with van der Waals surface area (Å²) in [7, 11) is 2.50. The van der Waals surface area contributed by atoms with Gasteiger partial charge in [0.1, 0.15) is 0 Å². The quantitative estimate of drug-likeness (QED) is 0.232. The fraction of sp³-hybridized carbons (Fsp3) is 0.257. The molecule has 0 unspecified atom stereocenters. The first kappa shape index (κ1) is 29.5. The van der Waals surface area contributed by atoms with E-state index >= 15 is 0 Å². The van der Waals surface area contributed by atoms with Gasteiger partial charge in [-0.15, -0.1) is 0 Å². The van der Waals surface area contributed by atoms with Crippen LogP contribution in [0.5, 0.6) is 0 Å². The Morgan fingerprint density at radius 3 is 1.62 bits per heavy atom. The molecule has 0 spiro atoms. The van der Waals surface area contributed by atoms with Crippen molar-refractivity contribution in [3.63, 3.8) is 0 Å². The number of hydrogen-bond acceptors (Lipinski definition) is 2. The Balaban J connectivity index is 0.000000591. The van der Waals surface area contributed by atoms with E-state index in [1.165, 1.54) is 20.4 Å². The Morgan fingerprint density at radius 2 is 1.11 bits per heavy atom. The number of hydrogen-bond donors (Lipinski definition) is 0. The molecule has 0 saturated carbocycles. The number of rotatable bonds is 3. The largest absolute Gasteiger partial charge is 0.295 e. The van der Waals surface area contributed by atoms with E-state index in [1.54, 1.807) is 6.92 Å². The number of carbonyl (C=O) groups is 2. The molecule has 37 heavy (non-hydrogen) atoms. The average Bonchev–Trinajstić information content (AvgIpc) is 3.02. The molecule has 1 aliphatic rings. The minimum absolute atomic E-state index is 0.131. The zero-order valence-corrected chi connectivity index (χ0v) is 23.5. The molecule has 0 radical (unpaired) electrons. The third-order valence-corrected chi connectivity index (χ3v) is 5.54. The fourth-order valence-corrected chi connectivity index (χ4v) is 3.98. The number of fused-ring (bicyclic) bond motifs is 2. The first-order chi connectivity index (χ1) is 19.1. The van der Waals surface area contributed by atoms with Gasteiger partial charge in [-0.05, 0) is 42.0 Å². The van der Waals surface area contributed by atoms with Gasteiger partial charge in [0.25, 0.3) is 0 Å². The van der Waals surface area contributed by atoms with Crippen molar-refractivity contribution < 1.29 is 12.3 Å². The highest BCUT2D eigenvalue weighted by molar-refractivity contribution is 6.12. The second-order valence-corrected chi connectivity index (χ2v) is 7.70. The minimum Gasteiger partial charge on any atom is -0.295 e. The first-order valence-electron chi connectivity index (χ1n) is 14.5. The molecule has 0 bridgehead atoms. The second kappa shape index (κ2) is 17.6. The highest BCUT2D eigenvalue weighted by Crippen LogP contribution is 2.26. The molecule has 4 aromatic rings. The monoisotopic (exact) mass is 498 g/mol. The van der Waals surface area contributed by atoms with E-state index in [0.717, 1.165) is 46.2 Å². The molecule has 1 aliphatic carbocycles. The Hall–Kier alpha value is -3.78. The highest BCUT2D eigenvalue weighted by atomic mass is 16.1. The van der Waals surface area contributed by atoms with Gasteiger partial charge in [-0.3, -0.25) is 9.59 Å². The van der Waals surface area contributed by atoms with E-state index in [0.29, 0.717) is 0 Å². The maximum atomic E-state index is 12.1. The van der Waals surface area contributed by atoms with Gasteiger partial charge >= 0.3 is 0 Å². The van der Waals surface area contributed by atoms with Crippen LogP contribution in [0.1, 0.15) is 101 Å². The fourth-order valence-electron chi connectivity index (χ4n) is 3.98. The van der Waals surface area contributed by atoms with Crippen molar-refractivity contribution >= 4 is 11.6 Å². The molecule has 0 atom stereocenters. The molecule has 0 fully saturated rings. The van der Waals surface area contributed by atoms with E-state index in [4.69, 9.17) is 2.74 Å². The second-order valence-electron chi connectivity index (χ2n) is 7.70. The third-order valence-electron chi connectivity index (χ3n) is 5.54. The maximum Gasteiger partial charge on any atom is 0.193 e. The van der Waals surface area contributed by atoms with Gasteiger partial charge in [0.2, 0.25) is 0 Å². The molecular weight excluding hydrogens is 452 g/mol. The van der Waals surface area contributed by atoms with Crippen LogP contribution in [0.25, 0.3) is 0 Å². The summed E-state index contributed by atoms with van der Waals surface area (Å²) in [5, 5.41) is 0. The lowest BCUT2D eigenvalue weighted by Gasteiger charge is -2.17. The summed E-state index contributed by atoms with van der Waals surface area (Å²) >= 11 is 0. The summed E-state index contributed by atoms with van der Waals surface area (Å²) < 4.78 is 11.5. The van der Waals surface area contributed by atoms with Crippen molar-refractivity contribution in [2.24, 2.45) is 0 Å². The number of carbonyl (C=O) groups excluding carboxylic acids is 2. The Labute approximate surface area is 228 Å². The first-order valence-corrected chi connectivity index (χ1v) is 12.5. The van der Waals surface area contributed by atoms with Gasteiger partial charge in [-0.25, -0.2) is 0 Å². The van der Waals surface area contributed by atoms with Crippen LogP contribution >= 0.6 is 0 Å². The summed E-state index contributed by atoms with van der Waals surface area (Å²) in [6.45, 7) is 9.61. The lowest BCUT2D eigenvalue weighted by Crippen LogP contribution is -2.14. The van der Waals surface area contributed by atoms with Crippen molar-refractivity contribution in [3.05, 3.63) is 142 Å². The van der Waals surface area contributed by atoms with Crippen LogP contribution in [0.2, 0.25) is 0 Å². The van der Waals surface area contributed by atoms with Gasteiger partial charge in [0.05, 0.1) is 0 Å². The van der Waals surface area contributed by atoms with Crippen molar-refractivity contribution in [2.75, 3.05) is 0 Å². The smallest absolute Gasteiger partial charge is 0.193 e. The van der Waals surface area contributed by atoms with Gasteiger partial charge in [-0.1, -0.05) is 146 Å². The van der Waals surface area contributed by atoms with Crippen LogP contribution in [0.4, 0.5) is 0 Å². The van der Waals surface area contributed by atoms with Crippen LogP contribution in [0.15, 0.2) is 103 Å². The van der Waals surface area contributed by atoms with Crippen molar-refractivity contribution in [3.8, 4) is 0 Å². The van der Waals surface area contributed by atoms with E-state index in [-0.39, 0.29) is 11.6 Å². The predicted octanol–water partition coefficient (Wildman–Crippen LogP) is 9.63. The molecule has 0 amide bonds. The van der Waals surface area contributed by atoms with Crippen LogP contribution in [0.3, 0.4) is 0 Å². The molecule has 0 N–H and O–H groups in total. The molecule has 4 aromatic carbocycles. The van der Waals surface area contributed by atoms with Crippen LogP contribution in [0, 0.1) is 0 Å². The highest BCUT2D eigenvalue weighted by Gasteiger charge is 2.21. The molecule has 0 aliphatic heterocycles. The molecule has 0 aromatic heterocycles. The zero-order valence-electron chi connectivity index (χ0n) is 25.5. The molecule has 2 heteroatoms. The summed E-state index contributed by atoms with van der Waals surface area (Å²) in [6.07, 6.45) is 1.69. The predicted molar refractivity (Wildman–Crippen MR) is 161 cm³/mol. The maximum absolute atomic E-state index is 12.1. The topological polar surface area (TPSA) is 34.1 Å². The van der Waals surface area contributed by atoms with Crippen LogP contribution < -0.4 is 0 Å². The number of benzene rings is 4. The van der Waals surface area contributed by atoms with Gasteiger partial charge in [-0.2, -0.15) is 0 Å². The lowest BCUT2D eigenvalue weighted by atomic mass is 9.85. The minimum atomic E-state index is 0.131. The van der Waals surface area contributed by atoms with Crippen LogP contribution in [-0.4, -0.2) is 11.6 Å². The van der Waals surface area contributed by atoms with Crippen molar-refractivity contribution in [1.82, 2.24) is 0 Å². The molecule has 0 saturated heterocycles. The Kier molecular flexibility index (Phi) is 14.0. The van der Waals surface area contributed by atoms with Gasteiger partial charge in [0, 0.05) is 19.4 Å². The average molecular weight is 499 g/mol. The van der Waals surface area contributed by atoms with Crippen molar-refractivity contribution in [2.45, 2.75) is 62.3 Å². The Morgan fingerprint density at radius 1 is 0.676 bits per heavy atom. The molecule has 196 valence electrons. The van der Waals surface area contributed by atoms with Gasteiger partial charge in [0.15, 0.2) is 11.6 Å². The summed E-state index contributed by atoms with van der Waals surface area (Å²) in [6, 6.07) is 33.7. The van der Waals surface area contributed by atoms with Crippen molar-refractivity contribution in [1.29, 1.82) is 0 Å². The van der Waals surface area contributed by atoms with E-state index in [9.17, 15) is 9.59 Å². The van der Waals surface area contributed by atoms with E-state index < -0.39 is 0 Å². The standard InChI is InChI=1S/C15H14O.C14H10O.2C2H6.2CH4/c1-12(16)15-10-6-5-9-14(15)11-13-7-3-2-4-8-13;15-14-12-7-3-1-5-10(12)9-11-6-2-4-8-13(11)14;2*1-2;;/h2-10H,11H2,1H3;1-8H,9H2;2*1-2H3;2*1H4/i;;;;2*1D. The normalized spacial score (nSPS) is 10.4. The molecule has 2 nitrogen and oxygen atoms in total. The van der Waals surface area contributed by atoms with Crippen LogP contribution in [-0.2, 0) is 12.8 Å². The van der Waals surface area contributed by atoms with Gasteiger partial charge < -0.3 is 0 Å². The number of Topliss-reactive ketones (excluding diaryl/α,β-unsaturated/α-hetero) is 1. The number of ketones is 2. The summed E-state index contributed by atoms with van der Waals surface area (Å²) in [4.78, 5) is 23.6.